The molecule has 100 valence electrons. The third-order valence-corrected chi connectivity index (χ3v) is 2.95. The number of nitrogens with zero attached hydrogens (tertiary/aromatic N) is 2. The molecule has 0 bridgehead atoms. The Balaban J connectivity index is 2.22. The van der Waals surface area contributed by atoms with Gasteiger partial charge in [-0.3, -0.25) is 0 Å². The first-order valence-electron chi connectivity index (χ1n) is 6.39. The summed E-state index contributed by atoms with van der Waals surface area (Å²) in [5.74, 6) is 2.13. The van der Waals surface area contributed by atoms with E-state index in [9.17, 15) is 0 Å². The highest BCUT2D eigenvalue weighted by atomic mass is 35.5. The minimum atomic E-state index is 0.212. The molecule has 19 heavy (non-hydrogen) atoms. The van der Waals surface area contributed by atoms with Crippen molar-refractivity contribution in [3.63, 3.8) is 0 Å². The molecule has 0 saturated heterocycles. The first-order chi connectivity index (χ1) is 9.08. The van der Waals surface area contributed by atoms with Crippen LogP contribution in [-0.2, 0) is 6.42 Å². The van der Waals surface area contributed by atoms with Crippen LogP contribution < -0.4 is 4.74 Å². The lowest BCUT2D eigenvalue weighted by atomic mass is 10.2. The van der Waals surface area contributed by atoms with Gasteiger partial charge in [0, 0.05) is 12.0 Å². The zero-order valence-electron chi connectivity index (χ0n) is 11.4. The standard InChI is InChI=1S/C15H17ClN2O/c1-4-11-5-7-12(8-6-11)19-14-9-13(16)17-15(18-14)10(2)3/h5-10H,4H2,1-3H3. The number of halogens is 1. The van der Waals surface area contributed by atoms with E-state index in [1.165, 1.54) is 5.56 Å². The topological polar surface area (TPSA) is 35.0 Å². The van der Waals surface area contributed by atoms with Crippen LogP contribution in [0.15, 0.2) is 30.3 Å². The van der Waals surface area contributed by atoms with Crippen LogP contribution in [0.3, 0.4) is 0 Å². The molecule has 2 rings (SSSR count). The van der Waals surface area contributed by atoms with Crippen molar-refractivity contribution in [1.82, 2.24) is 9.97 Å². The Morgan fingerprint density at radius 2 is 1.84 bits per heavy atom. The summed E-state index contributed by atoms with van der Waals surface area (Å²) in [7, 11) is 0. The van der Waals surface area contributed by atoms with E-state index in [4.69, 9.17) is 16.3 Å². The van der Waals surface area contributed by atoms with Crippen molar-refractivity contribution in [2.45, 2.75) is 33.1 Å². The van der Waals surface area contributed by atoms with E-state index in [2.05, 4.69) is 16.9 Å². The van der Waals surface area contributed by atoms with Crippen LogP contribution in [0.25, 0.3) is 0 Å². The molecule has 0 fully saturated rings. The van der Waals surface area contributed by atoms with Gasteiger partial charge in [-0.2, -0.15) is 4.98 Å². The number of hydrogen-bond donors (Lipinski definition) is 0. The first kappa shape index (κ1) is 13.8. The lowest BCUT2D eigenvalue weighted by Gasteiger charge is -2.09. The first-order valence-corrected chi connectivity index (χ1v) is 6.77. The van der Waals surface area contributed by atoms with Gasteiger partial charge in [0.2, 0.25) is 5.88 Å². The molecule has 0 N–H and O–H groups in total. The molecule has 1 aromatic carbocycles. The normalized spacial score (nSPS) is 10.8. The Labute approximate surface area is 118 Å². The summed E-state index contributed by atoms with van der Waals surface area (Å²) in [5, 5.41) is 0.402. The average Bonchev–Trinajstić information content (AvgIpc) is 2.39. The molecule has 0 aliphatic carbocycles. The van der Waals surface area contributed by atoms with Crippen LogP contribution in [0.5, 0.6) is 11.6 Å². The molecule has 0 atom stereocenters. The summed E-state index contributed by atoms with van der Waals surface area (Å²) in [4.78, 5) is 8.53. The maximum absolute atomic E-state index is 5.98. The molecule has 4 heteroatoms. The molecule has 0 spiro atoms. The van der Waals surface area contributed by atoms with Crippen molar-refractivity contribution >= 4 is 11.6 Å². The summed E-state index contributed by atoms with van der Waals surface area (Å²) in [6.07, 6.45) is 1.01. The van der Waals surface area contributed by atoms with Crippen molar-refractivity contribution in [3.8, 4) is 11.6 Å². The molecular weight excluding hydrogens is 260 g/mol. The monoisotopic (exact) mass is 276 g/mol. The van der Waals surface area contributed by atoms with E-state index in [-0.39, 0.29) is 5.92 Å². The summed E-state index contributed by atoms with van der Waals surface area (Å²) in [6.45, 7) is 6.16. The highest BCUT2D eigenvalue weighted by molar-refractivity contribution is 6.29. The Morgan fingerprint density at radius 1 is 1.16 bits per heavy atom. The van der Waals surface area contributed by atoms with Crippen LogP contribution in [0.2, 0.25) is 5.15 Å². The number of aryl methyl sites for hydroxylation is 1. The fourth-order valence-corrected chi connectivity index (χ4v) is 1.82. The second kappa shape index (κ2) is 6.02. The summed E-state index contributed by atoms with van der Waals surface area (Å²) >= 11 is 5.98. The van der Waals surface area contributed by atoms with E-state index in [0.29, 0.717) is 16.9 Å². The lowest BCUT2D eigenvalue weighted by molar-refractivity contribution is 0.456. The SMILES string of the molecule is CCc1ccc(Oc2cc(Cl)nc(C(C)C)n2)cc1. The van der Waals surface area contributed by atoms with Gasteiger partial charge in [0.1, 0.15) is 16.7 Å². The van der Waals surface area contributed by atoms with E-state index in [1.54, 1.807) is 6.07 Å². The highest BCUT2D eigenvalue weighted by Gasteiger charge is 2.08. The smallest absolute Gasteiger partial charge is 0.224 e. The van der Waals surface area contributed by atoms with Gasteiger partial charge in [-0.25, -0.2) is 4.98 Å². The molecule has 3 nitrogen and oxygen atoms in total. The van der Waals surface area contributed by atoms with Crippen LogP contribution in [0.1, 0.15) is 38.1 Å². The van der Waals surface area contributed by atoms with Gasteiger partial charge in [-0.15, -0.1) is 0 Å². The molecule has 0 unspecified atom stereocenters. The van der Waals surface area contributed by atoms with Crippen molar-refractivity contribution in [2.75, 3.05) is 0 Å². The second-order valence-electron chi connectivity index (χ2n) is 4.64. The van der Waals surface area contributed by atoms with E-state index in [1.807, 2.05) is 38.1 Å². The van der Waals surface area contributed by atoms with E-state index < -0.39 is 0 Å². The van der Waals surface area contributed by atoms with Crippen LogP contribution in [0.4, 0.5) is 0 Å². The quantitative estimate of drug-likeness (QED) is 0.765. The molecule has 0 aliphatic rings. The molecule has 0 aliphatic heterocycles. The third kappa shape index (κ3) is 3.67. The van der Waals surface area contributed by atoms with Gasteiger partial charge < -0.3 is 4.74 Å². The van der Waals surface area contributed by atoms with Gasteiger partial charge in [-0.1, -0.05) is 44.5 Å². The van der Waals surface area contributed by atoms with Crippen molar-refractivity contribution in [2.24, 2.45) is 0 Å². The summed E-state index contributed by atoms with van der Waals surface area (Å²) in [6, 6.07) is 9.58. The van der Waals surface area contributed by atoms with E-state index in [0.717, 1.165) is 12.2 Å². The fourth-order valence-electron chi connectivity index (χ4n) is 1.64. The van der Waals surface area contributed by atoms with Gasteiger partial charge in [0.15, 0.2) is 0 Å². The highest BCUT2D eigenvalue weighted by Crippen LogP contribution is 2.24. The van der Waals surface area contributed by atoms with Gasteiger partial charge >= 0.3 is 0 Å². The lowest BCUT2D eigenvalue weighted by Crippen LogP contribution is -1.99. The average molecular weight is 277 g/mol. The minimum absolute atomic E-state index is 0.212. The molecule has 2 aromatic rings. The third-order valence-electron chi connectivity index (χ3n) is 2.76. The van der Waals surface area contributed by atoms with Crippen molar-refractivity contribution in [1.29, 1.82) is 0 Å². The summed E-state index contributed by atoms with van der Waals surface area (Å²) in [5.41, 5.74) is 1.27. The van der Waals surface area contributed by atoms with Gasteiger partial charge in [0.25, 0.3) is 0 Å². The van der Waals surface area contributed by atoms with Gasteiger partial charge in [0.05, 0.1) is 0 Å². The maximum Gasteiger partial charge on any atom is 0.224 e. The van der Waals surface area contributed by atoms with Crippen LogP contribution >= 0.6 is 11.6 Å². The predicted molar refractivity (Wildman–Crippen MR) is 77.0 cm³/mol. The van der Waals surface area contributed by atoms with Gasteiger partial charge in [-0.05, 0) is 24.1 Å². The molecular formula is C15H17ClN2O. The zero-order valence-corrected chi connectivity index (χ0v) is 12.1. The largest absolute Gasteiger partial charge is 0.439 e. The molecule has 0 saturated carbocycles. The summed E-state index contributed by atoms with van der Waals surface area (Å²) < 4.78 is 5.71. The number of benzene rings is 1. The Kier molecular flexibility index (Phi) is 4.38. The number of rotatable bonds is 4. The molecule has 1 aromatic heterocycles. The predicted octanol–water partition coefficient (Wildman–Crippen LogP) is 4.61. The number of hydrogen-bond acceptors (Lipinski definition) is 3. The maximum atomic E-state index is 5.98. The zero-order chi connectivity index (χ0) is 13.8. The number of aromatic nitrogens is 2. The molecule has 1 heterocycles. The Bertz CT molecular complexity index is 553. The van der Waals surface area contributed by atoms with Crippen molar-refractivity contribution < 1.29 is 4.74 Å². The van der Waals surface area contributed by atoms with Crippen LogP contribution in [0, 0.1) is 0 Å². The van der Waals surface area contributed by atoms with Crippen LogP contribution in [-0.4, -0.2) is 9.97 Å². The molecule has 0 amide bonds. The minimum Gasteiger partial charge on any atom is -0.439 e. The Morgan fingerprint density at radius 3 is 2.42 bits per heavy atom. The number of ether oxygens (including phenoxy) is 1. The van der Waals surface area contributed by atoms with E-state index >= 15 is 0 Å². The Hall–Kier alpha value is -1.61. The van der Waals surface area contributed by atoms with Crippen molar-refractivity contribution in [3.05, 3.63) is 46.9 Å². The fraction of sp³-hybridized carbons (Fsp3) is 0.333. The second-order valence-corrected chi connectivity index (χ2v) is 5.03. The molecule has 0 radical (unpaired) electrons.